The third-order valence-corrected chi connectivity index (χ3v) is 5.28. The van der Waals surface area contributed by atoms with Crippen LogP contribution >= 0.6 is 12.2 Å². The molecular weight excluding hydrogens is 312 g/mol. The summed E-state index contributed by atoms with van der Waals surface area (Å²) >= 11 is 5.66. The Kier molecular flexibility index (Phi) is 6.26. The molecule has 23 heavy (non-hydrogen) atoms. The molecule has 2 rings (SSSR count). The Labute approximate surface area is 144 Å². The van der Waals surface area contributed by atoms with Crippen LogP contribution in [-0.4, -0.2) is 52.4 Å². The Morgan fingerprint density at radius 1 is 1.43 bits per heavy atom. The Morgan fingerprint density at radius 2 is 2.13 bits per heavy atom. The molecule has 1 saturated carbocycles. The molecule has 0 aromatic heterocycles. The molecule has 0 spiro atoms. The standard InChI is InChI=1S/C17H30N2O3S/c1-17(2,3)22-16(21)18-9-8-13(11-20)19-10-12-6-4-5-7-14(12)15(19)23/h12-14,20H,4-11H2,1-3H3,(H,18,21)/t12-,13+,14-/m0/s1. The molecule has 0 unspecified atom stereocenters. The van der Waals surface area contributed by atoms with E-state index >= 15 is 0 Å². The van der Waals surface area contributed by atoms with Gasteiger partial charge in [0, 0.05) is 19.0 Å². The Morgan fingerprint density at radius 3 is 2.74 bits per heavy atom. The van der Waals surface area contributed by atoms with E-state index in [1.165, 1.54) is 25.7 Å². The number of aliphatic hydroxyl groups is 1. The summed E-state index contributed by atoms with van der Waals surface area (Å²) in [5.41, 5.74) is -0.493. The summed E-state index contributed by atoms with van der Waals surface area (Å²) < 4.78 is 5.23. The third-order valence-electron chi connectivity index (χ3n) is 4.74. The molecule has 0 aromatic carbocycles. The van der Waals surface area contributed by atoms with Gasteiger partial charge in [0.2, 0.25) is 0 Å². The summed E-state index contributed by atoms with van der Waals surface area (Å²) in [7, 11) is 0. The molecule has 0 radical (unpaired) electrons. The van der Waals surface area contributed by atoms with Crippen LogP contribution in [0.1, 0.15) is 52.9 Å². The number of carbonyl (C=O) groups excluding carboxylic acids is 1. The number of carbonyl (C=O) groups is 1. The van der Waals surface area contributed by atoms with Crippen LogP contribution in [0.5, 0.6) is 0 Å². The summed E-state index contributed by atoms with van der Waals surface area (Å²) in [4.78, 5) is 14.9. The van der Waals surface area contributed by atoms with E-state index in [2.05, 4.69) is 10.2 Å². The SMILES string of the molecule is CC(C)(C)OC(=O)NCC[C@H](CO)N1C[C@@H]2CCCC[C@@H]2C1=S. The van der Waals surface area contributed by atoms with Gasteiger partial charge in [0.05, 0.1) is 17.6 Å². The normalized spacial score (nSPS) is 25.9. The average Bonchev–Trinajstić information content (AvgIpc) is 2.79. The molecule has 1 heterocycles. The van der Waals surface area contributed by atoms with E-state index < -0.39 is 11.7 Å². The highest BCUT2D eigenvalue weighted by molar-refractivity contribution is 7.80. The molecule has 1 aliphatic heterocycles. The minimum Gasteiger partial charge on any atom is -0.444 e. The number of thiocarbonyl (C=S) groups is 1. The van der Waals surface area contributed by atoms with Crippen LogP contribution in [-0.2, 0) is 4.74 Å². The molecule has 2 N–H and O–H groups in total. The number of amides is 1. The minimum atomic E-state index is -0.493. The molecule has 0 bridgehead atoms. The molecule has 5 nitrogen and oxygen atoms in total. The first-order valence-corrected chi connectivity index (χ1v) is 9.11. The van der Waals surface area contributed by atoms with Crippen molar-refractivity contribution < 1.29 is 14.6 Å². The van der Waals surface area contributed by atoms with Crippen LogP contribution in [0.2, 0.25) is 0 Å². The largest absolute Gasteiger partial charge is 0.444 e. The lowest BCUT2D eigenvalue weighted by molar-refractivity contribution is 0.0521. The summed E-state index contributed by atoms with van der Waals surface area (Å²) in [5, 5.41) is 12.5. The summed E-state index contributed by atoms with van der Waals surface area (Å²) in [6.45, 7) is 7.03. The molecule has 1 saturated heterocycles. The number of rotatable bonds is 5. The van der Waals surface area contributed by atoms with E-state index in [1.54, 1.807) is 0 Å². The maximum absolute atomic E-state index is 11.7. The smallest absolute Gasteiger partial charge is 0.407 e. The van der Waals surface area contributed by atoms with Crippen LogP contribution in [0.3, 0.4) is 0 Å². The van der Waals surface area contributed by atoms with Crippen LogP contribution in [0.15, 0.2) is 0 Å². The van der Waals surface area contributed by atoms with Crippen molar-refractivity contribution in [3.63, 3.8) is 0 Å². The molecule has 132 valence electrons. The van der Waals surface area contributed by atoms with E-state index in [1.807, 2.05) is 20.8 Å². The van der Waals surface area contributed by atoms with Crippen molar-refractivity contribution in [1.29, 1.82) is 0 Å². The van der Waals surface area contributed by atoms with Gasteiger partial charge in [-0.05, 0) is 46.0 Å². The topological polar surface area (TPSA) is 61.8 Å². The Balaban J connectivity index is 1.81. The van der Waals surface area contributed by atoms with Crippen LogP contribution in [0.25, 0.3) is 0 Å². The second kappa shape index (κ2) is 7.79. The molecule has 2 fully saturated rings. The van der Waals surface area contributed by atoms with Crippen LogP contribution in [0, 0.1) is 11.8 Å². The van der Waals surface area contributed by atoms with Crippen molar-refractivity contribution in [2.45, 2.75) is 64.5 Å². The zero-order chi connectivity index (χ0) is 17.0. The van der Waals surface area contributed by atoms with Crippen molar-refractivity contribution in [3.8, 4) is 0 Å². The van der Waals surface area contributed by atoms with E-state index in [0.717, 1.165) is 11.5 Å². The molecule has 6 heteroatoms. The van der Waals surface area contributed by atoms with Crippen LogP contribution in [0.4, 0.5) is 4.79 Å². The van der Waals surface area contributed by atoms with Crippen LogP contribution < -0.4 is 5.32 Å². The van der Waals surface area contributed by atoms with Gasteiger partial charge in [-0.3, -0.25) is 0 Å². The van der Waals surface area contributed by atoms with Crippen molar-refractivity contribution in [2.24, 2.45) is 11.8 Å². The highest BCUT2D eigenvalue weighted by atomic mass is 32.1. The van der Waals surface area contributed by atoms with E-state index in [9.17, 15) is 9.90 Å². The first-order chi connectivity index (χ1) is 10.8. The number of hydrogen-bond acceptors (Lipinski definition) is 4. The average molecular weight is 343 g/mol. The lowest BCUT2D eigenvalue weighted by atomic mass is 9.82. The van der Waals surface area contributed by atoms with Gasteiger partial charge < -0.3 is 20.1 Å². The number of fused-ring (bicyclic) bond motifs is 1. The highest BCUT2D eigenvalue weighted by Crippen LogP contribution is 2.38. The predicted molar refractivity (Wildman–Crippen MR) is 94.5 cm³/mol. The first kappa shape index (κ1) is 18.5. The van der Waals surface area contributed by atoms with Gasteiger partial charge in [0.25, 0.3) is 0 Å². The molecule has 0 aromatic rings. The predicted octanol–water partition coefficient (Wildman–Crippen LogP) is 2.71. The summed E-state index contributed by atoms with van der Waals surface area (Å²) in [6, 6.07) is -0.0111. The number of nitrogens with zero attached hydrogens (tertiary/aromatic N) is 1. The number of ether oxygens (including phenoxy) is 1. The summed E-state index contributed by atoms with van der Waals surface area (Å²) in [6.07, 6.45) is 5.26. The Hall–Kier alpha value is -0.880. The second-order valence-corrected chi connectivity index (χ2v) is 8.11. The number of likely N-dealkylation sites (tertiary alicyclic amines) is 1. The fourth-order valence-corrected chi connectivity index (χ4v) is 4.17. The van der Waals surface area contributed by atoms with Gasteiger partial charge in [-0.1, -0.05) is 25.1 Å². The van der Waals surface area contributed by atoms with Gasteiger partial charge in [0.1, 0.15) is 5.60 Å². The van der Waals surface area contributed by atoms with Gasteiger partial charge in [-0.25, -0.2) is 4.79 Å². The van der Waals surface area contributed by atoms with Gasteiger partial charge in [-0.15, -0.1) is 0 Å². The van der Waals surface area contributed by atoms with Crippen molar-refractivity contribution in [2.75, 3.05) is 19.7 Å². The van der Waals surface area contributed by atoms with Crippen molar-refractivity contribution in [1.82, 2.24) is 10.2 Å². The van der Waals surface area contributed by atoms with Gasteiger partial charge in [0.15, 0.2) is 0 Å². The number of aliphatic hydroxyl groups excluding tert-OH is 1. The summed E-state index contributed by atoms with van der Waals surface area (Å²) in [5.74, 6) is 1.18. The zero-order valence-electron chi connectivity index (χ0n) is 14.5. The lowest BCUT2D eigenvalue weighted by Crippen LogP contribution is -2.42. The number of nitrogens with one attached hydrogen (secondary N) is 1. The molecule has 3 atom stereocenters. The minimum absolute atomic E-state index is 0.0111. The monoisotopic (exact) mass is 342 g/mol. The number of hydrogen-bond donors (Lipinski definition) is 2. The molecular formula is C17H30N2O3S. The third kappa shape index (κ3) is 5.05. The number of alkyl carbamates (subject to hydrolysis) is 1. The Bertz CT molecular complexity index is 436. The zero-order valence-corrected chi connectivity index (χ0v) is 15.3. The molecule has 1 aliphatic carbocycles. The molecule has 2 aliphatic rings. The molecule has 1 amide bonds. The maximum atomic E-state index is 11.7. The first-order valence-electron chi connectivity index (χ1n) is 8.70. The van der Waals surface area contributed by atoms with Crippen molar-refractivity contribution in [3.05, 3.63) is 0 Å². The fraction of sp³-hybridized carbons (Fsp3) is 0.882. The fourth-order valence-electron chi connectivity index (χ4n) is 3.64. The van der Waals surface area contributed by atoms with E-state index in [-0.39, 0.29) is 12.6 Å². The quantitative estimate of drug-likeness (QED) is 0.752. The van der Waals surface area contributed by atoms with Gasteiger partial charge >= 0.3 is 6.09 Å². The van der Waals surface area contributed by atoms with Gasteiger partial charge in [-0.2, -0.15) is 0 Å². The second-order valence-electron chi connectivity index (χ2n) is 7.70. The lowest BCUT2D eigenvalue weighted by Gasteiger charge is -2.29. The highest BCUT2D eigenvalue weighted by Gasteiger charge is 2.40. The van der Waals surface area contributed by atoms with E-state index in [4.69, 9.17) is 17.0 Å². The maximum Gasteiger partial charge on any atom is 0.407 e. The van der Waals surface area contributed by atoms with E-state index in [0.29, 0.717) is 24.8 Å². The van der Waals surface area contributed by atoms with Crippen molar-refractivity contribution >= 4 is 23.3 Å².